The first-order chi connectivity index (χ1) is 7.24. The van der Waals surface area contributed by atoms with Gasteiger partial charge in [-0.15, -0.1) is 0 Å². The fraction of sp³-hybridized carbons (Fsp3) is 1.00. The molecular formula is C11H20INOS. The number of piperidine rings is 1. The third-order valence-electron chi connectivity index (χ3n) is 4.21. The van der Waals surface area contributed by atoms with Crippen molar-refractivity contribution in [3.63, 3.8) is 0 Å². The Morgan fingerprint density at radius 2 is 1.80 bits per heavy atom. The summed E-state index contributed by atoms with van der Waals surface area (Å²) in [6.45, 7) is 2.60. The lowest BCUT2D eigenvalue weighted by Crippen LogP contribution is -2.41. The number of nitrogens with zero attached hydrogens (tertiary/aromatic N) is 1. The summed E-state index contributed by atoms with van der Waals surface area (Å²) in [6, 6.07) is 0. The van der Waals surface area contributed by atoms with Crippen LogP contribution in [0.25, 0.3) is 0 Å². The van der Waals surface area contributed by atoms with Gasteiger partial charge in [-0.2, -0.15) is 0 Å². The number of likely N-dealkylation sites (tertiary alicyclic amines) is 1. The van der Waals surface area contributed by atoms with Crippen LogP contribution in [0, 0.1) is 5.41 Å². The normalized spacial score (nSPS) is 28.4. The van der Waals surface area contributed by atoms with E-state index in [1.807, 2.05) is 0 Å². The minimum atomic E-state index is 0.525. The molecule has 0 unspecified atom stereocenters. The molecule has 1 saturated heterocycles. The summed E-state index contributed by atoms with van der Waals surface area (Å²) in [5.74, 6) is 0. The van der Waals surface area contributed by atoms with Crippen LogP contribution in [0.15, 0.2) is 0 Å². The van der Waals surface area contributed by atoms with Gasteiger partial charge in [0.05, 0.1) is 15.3 Å². The van der Waals surface area contributed by atoms with E-state index in [4.69, 9.17) is 4.18 Å². The summed E-state index contributed by atoms with van der Waals surface area (Å²) in [4.78, 5) is 2.47. The summed E-state index contributed by atoms with van der Waals surface area (Å²) in [7, 11) is 3.75. The fourth-order valence-electron chi connectivity index (χ4n) is 2.94. The molecule has 0 amide bonds. The smallest absolute Gasteiger partial charge is 0.0732 e. The Bertz CT molecular complexity index is 197. The van der Waals surface area contributed by atoms with Gasteiger partial charge >= 0.3 is 0 Å². The molecule has 1 aliphatic heterocycles. The first-order valence-corrected chi connectivity index (χ1v) is 9.15. The fourth-order valence-corrected chi connectivity index (χ4v) is 4.12. The Morgan fingerprint density at radius 1 is 1.20 bits per heavy atom. The summed E-state index contributed by atoms with van der Waals surface area (Å²) >= 11 is 2.23. The zero-order valence-corrected chi connectivity index (χ0v) is 12.3. The summed E-state index contributed by atoms with van der Waals surface area (Å²) < 4.78 is 5.63. The Balaban J connectivity index is 1.81. The van der Waals surface area contributed by atoms with Gasteiger partial charge in [-0.05, 0) is 64.1 Å². The molecule has 1 spiro atoms. The minimum Gasteiger partial charge on any atom is -0.306 e. The Hall–Kier alpha value is 1.00. The zero-order valence-electron chi connectivity index (χ0n) is 9.38. The average molecular weight is 341 g/mol. The molecule has 0 aromatic rings. The van der Waals surface area contributed by atoms with Crippen LogP contribution in [0.2, 0.25) is 0 Å². The molecule has 2 rings (SSSR count). The molecule has 4 heteroatoms. The molecule has 2 aliphatic rings. The van der Waals surface area contributed by atoms with Gasteiger partial charge in [0.2, 0.25) is 0 Å². The van der Waals surface area contributed by atoms with Gasteiger partial charge in [0, 0.05) is 21.2 Å². The van der Waals surface area contributed by atoms with Gasteiger partial charge in [-0.1, -0.05) is 0 Å². The van der Waals surface area contributed by atoms with Crippen LogP contribution in [0.1, 0.15) is 38.5 Å². The van der Waals surface area contributed by atoms with Gasteiger partial charge in [-0.25, -0.2) is 0 Å². The van der Waals surface area contributed by atoms with Crippen molar-refractivity contribution in [3.05, 3.63) is 0 Å². The molecule has 0 aromatic carbocycles. The van der Waals surface area contributed by atoms with Crippen molar-refractivity contribution in [2.24, 2.45) is 5.41 Å². The van der Waals surface area contributed by atoms with Crippen molar-refractivity contribution in [2.45, 2.75) is 44.6 Å². The van der Waals surface area contributed by atoms with E-state index in [-0.39, 0.29) is 0 Å². The number of halogens is 1. The monoisotopic (exact) mass is 341 g/mol. The molecule has 88 valence electrons. The second kappa shape index (κ2) is 5.56. The van der Waals surface area contributed by atoms with Crippen LogP contribution in [-0.2, 0) is 4.18 Å². The van der Waals surface area contributed by atoms with Gasteiger partial charge in [0.25, 0.3) is 0 Å². The van der Waals surface area contributed by atoms with Crippen molar-refractivity contribution < 1.29 is 4.18 Å². The van der Waals surface area contributed by atoms with Crippen molar-refractivity contribution in [1.29, 1.82) is 0 Å². The zero-order chi connectivity index (χ0) is 10.7. The van der Waals surface area contributed by atoms with Crippen LogP contribution in [0.4, 0.5) is 0 Å². The molecular weight excluding hydrogens is 321 g/mol. The predicted molar refractivity (Wildman–Crippen MR) is 74.1 cm³/mol. The SMILES string of the molecule is CN1CCC2(CCC(OSI)CC2)CC1. The maximum absolute atomic E-state index is 5.63. The van der Waals surface area contributed by atoms with E-state index >= 15 is 0 Å². The number of hydrogen-bond acceptors (Lipinski definition) is 3. The average Bonchev–Trinajstić information content (AvgIpc) is 2.27. The van der Waals surface area contributed by atoms with E-state index < -0.39 is 0 Å². The summed E-state index contributed by atoms with van der Waals surface area (Å²) in [6.07, 6.45) is 8.68. The highest BCUT2D eigenvalue weighted by Crippen LogP contribution is 2.45. The summed E-state index contributed by atoms with van der Waals surface area (Å²) in [5, 5.41) is 0. The predicted octanol–water partition coefficient (Wildman–Crippen LogP) is 3.66. The molecule has 2 nitrogen and oxygen atoms in total. The summed E-state index contributed by atoms with van der Waals surface area (Å²) in [5.41, 5.74) is 0.683. The van der Waals surface area contributed by atoms with Crippen LogP contribution >= 0.6 is 30.4 Å². The number of rotatable bonds is 2. The maximum Gasteiger partial charge on any atom is 0.0732 e. The molecule has 0 aromatic heterocycles. The van der Waals surface area contributed by atoms with Gasteiger partial charge in [-0.3, -0.25) is 0 Å². The van der Waals surface area contributed by atoms with E-state index in [0.29, 0.717) is 11.5 Å². The van der Waals surface area contributed by atoms with Crippen LogP contribution < -0.4 is 0 Å². The standard InChI is InChI=1S/C11H20INOS/c1-13-8-6-11(7-9-13)4-2-10(3-5-11)14-15-12/h10H,2-9H2,1H3. The largest absolute Gasteiger partial charge is 0.306 e. The Morgan fingerprint density at radius 3 is 2.33 bits per heavy atom. The van der Waals surface area contributed by atoms with Crippen molar-refractivity contribution in [3.8, 4) is 0 Å². The van der Waals surface area contributed by atoms with E-state index in [1.54, 1.807) is 0 Å². The molecule has 0 bridgehead atoms. The van der Waals surface area contributed by atoms with Crippen LogP contribution in [0.5, 0.6) is 0 Å². The highest BCUT2D eigenvalue weighted by molar-refractivity contribution is 14.2. The Kier molecular flexibility index (Phi) is 4.62. The highest BCUT2D eigenvalue weighted by Gasteiger charge is 2.37. The van der Waals surface area contributed by atoms with Gasteiger partial charge in [0.1, 0.15) is 0 Å². The first-order valence-electron chi connectivity index (χ1n) is 5.87. The maximum atomic E-state index is 5.63. The van der Waals surface area contributed by atoms with Crippen molar-refractivity contribution >= 4 is 30.4 Å². The third kappa shape index (κ3) is 3.23. The molecule has 1 saturated carbocycles. The molecule has 1 aliphatic carbocycles. The molecule has 0 N–H and O–H groups in total. The van der Waals surface area contributed by atoms with Crippen LogP contribution in [0.3, 0.4) is 0 Å². The van der Waals surface area contributed by atoms with Gasteiger partial charge < -0.3 is 9.08 Å². The van der Waals surface area contributed by atoms with E-state index in [9.17, 15) is 0 Å². The molecule has 0 radical (unpaired) electrons. The highest BCUT2D eigenvalue weighted by atomic mass is 127. The molecule has 1 heterocycles. The Labute approximate surface area is 109 Å². The first kappa shape index (κ1) is 12.5. The lowest BCUT2D eigenvalue weighted by Gasteiger charge is -2.44. The number of hydrogen-bond donors (Lipinski definition) is 0. The molecule has 0 atom stereocenters. The molecule has 2 fully saturated rings. The van der Waals surface area contributed by atoms with Crippen LogP contribution in [-0.4, -0.2) is 31.1 Å². The lowest BCUT2D eigenvalue weighted by molar-refractivity contribution is 0.0403. The second-order valence-corrected chi connectivity index (χ2v) is 6.56. The lowest BCUT2D eigenvalue weighted by atomic mass is 9.67. The molecule has 15 heavy (non-hydrogen) atoms. The minimum absolute atomic E-state index is 0.525. The van der Waals surface area contributed by atoms with E-state index in [2.05, 4.69) is 33.2 Å². The van der Waals surface area contributed by atoms with E-state index in [1.165, 1.54) is 60.8 Å². The van der Waals surface area contributed by atoms with E-state index in [0.717, 1.165) is 0 Å². The van der Waals surface area contributed by atoms with Crippen molar-refractivity contribution in [1.82, 2.24) is 4.90 Å². The second-order valence-electron chi connectivity index (χ2n) is 5.16. The van der Waals surface area contributed by atoms with Crippen molar-refractivity contribution in [2.75, 3.05) is 20.1 Å². The quantitative estimate of drug-likeness (QED) is 0.562. The third-order valence-corrected chi connectivity index (χ3v) is 5.18. The van der Waals surface area contributed by atoms with Gasteiger partial charge in [0.15, 0.2) is 0 Å². The topological polar surface area (TPSA) is 12.5 Å².